The van der Waals surface area contributed by atoms with Crippen LogP contribution in [-0.4, -0.2) is 45.2 Å². The summed E-state index contributed by atoms with van der Waals surface area (Å²) in [5.41, 5.74) is 1.56. The molecule has 0 radical (unpaired) electrons. The third-order valence-electron chi connectivity index (χ3n) is 5.00. The molecule has 164 valence electrons. The summed E-state index contributed by atoms with van der Waals surface area (Å²) in [6.07, 6.45) is 0.849. The summed E-state index contributed by atoms with van der Waals surface area (Å²) in [4.78, 5) is 38.7. The van der Waals surface area contributed by atoms with E-state index in [0.29, 0.717) is 35.0 Å². The molecule has 1 saturated heterocycles. The molecule has 2 amide bonds. The maximum Gasteiger partial charge on any atom is 0.338 e. The van der Waals surface area contributed by atoms with Crippen LogP contribution >= 0.6 is 0 Å². The number of carbonyl (C=O) groups is 3. The molecule has 1 aliphatic heterocycles. The Morgan fingerprint density at radius 1 is 1.10 bits per heavy atom. The second-order valence-corrected chi connectivity index (χ2v) is 7.15. The van der Waals surface area contributed by atoms with Crippen molar-refractivity contribution < 1.29 is 28.6 Å². The fourth-order valence-electron chi connectivity index (χ4n) is 3.34. The Hall–Kier alpha value is -3.55. The third kappa shape index (κ3) is 5.14. The molecule has 0 aliphatic carbocycles. The Bertz CT molecular complexity index is 957. The predicted octanol–water partition coefficient (Wildman–Crippen LogP) is 3.26. The van der Waals surface area contributed by atoms with Crippen molar-refractivity contribution in [2.75, 3.05) is 37.6 Å². The van der Waals surface area contributed by atoms with E-state index in [1.54, 1.807) is 54.5 Å². The highest BCUT2D eigenvalue weighted by molar-refractivity contribution is 6.04. The van der Waals surface area contributed by atoms with Crippen LogP contribution in [-0.2, 0) is 14.3 Å². The van der Waals surface area contributed by atoms with Gasteiger partial charge in [-0.1, -0.05) is 6.92 Å². The molecule has 0 spiro atoms. The molecule has 0 aromatic heterocycles. The Morgan fingerprint density at radius 2 is 1.84 bits per heavy atom. The first-order valence-electron chi connectivity index (χ1n) is 10.1. The minimum absolute atomic E-state index is 0.0996. The van der Waals surface area contributed by atoms with Gasteiger partial charge < -0.3 is 24.4 Å². The van der Waals surface area contributed by atoms with E-state index in [4.69, 9.17) is 14.2 Å². The molecule has 8 nitrogen and oxygen atoms in total. The van der Waals surface area contributed by atoms with E-state index >= 15 is 0 Å². The molecule has 1 unspecified atom stereocenters. The van der Waals surface area contributed by atoms with Crippen LogP contribution in [0.1, 0.15) is 30.1 Å². The number of esters is 1. The van der Waals surface area contributed by atoms with E-state index in [1.165, 1.54) is 7.11 Å². The average Bonchev–Trinajstić information content (AvgIpc) is 3.18. The molecule has 31 heavy (non-hydrogen) atoms. The fourth-order valence-corrected chi connectivity index (χ4v) is 3.34. The molecule has 1 heterocycles. The molecule has 1 aliphatic rings. The zero-order valence-electron chi connectivity index (χ0n) is 17.8. The van der Waals surface area contributed by atoms with Crippen LogP contribution in [0, 0.1) is 5.92 Å². The summed E-state index contributed by atoms with van der Waals surface area (Å²) in [5, 5.41) is 2.81. The first-order valence-corrected chi connectivity index (χ1v) is 10.1. The van der Waals surface area contributed by atoms with Crippen molar-refractivity contribution in [3.05, 3.63) is 48.0 Å². The van der Waals surface area contributed by atoms with Gasteiger partial charge in [0, 0.05) is 24.7 Å². The zero-order valence-corrected chi connectivity index (χ0v) is 17.8. The Labute approximate surface area is 181 Å². The lowest BCUT2D eigenvalue weighted by Gasteiger charge is -2.20. The van der Waals surface area contributed by atoms with Crippen molar-refractivity contribution in [3.63, 3.8) is 0 Å². The van der Waals surface area contributed by atoms with Gasteiger partial charge in [-0.15, -0.1) is 0 Å². The molecule has 2 aromatic carbocycles. The van der Waals surface area contributed by atoms with E-state index in [2.05, 4.69) is 5.32 Å². The van der Waals surface area contributed by atoms with Crippen LogP contribution in [0.15, 0.2) is 42.5 Å². The summed E-state index contributed by atoms with van der Waals surface area (Å²) in [6.45, 7) is 2.53. The number of ether oxygens (including phenoxy) is 3. The van der Waals surface area contributed by atoms with Crippen molar-refractivity contribution in [1.29, 1.82) is 0 Å². The van der Waals surface area contributed by atoms with Gasteiger partial charge in [-0.25, -0.2) is 4.79 Å². The SMILES string of the molecule is CCCOC(=O)c1ccc(NC(=O)C2CC(=O)N(c3ccc(OC)cc3OC)C2)cc1. The minimum atomic E-state index is -0.506. The summed E-state index contributed by atoms with van der Waals surface area (Å²) in [5.74, 6) is -0.205. The van der Waals surface area contributed by atoms with Crippen LogP contribution in [0.3, 0.4) is 0 Å². The molecule has 1 atom stereocenters. The normalized spacial score (nSPS) is 15.5. The lowest BCUT2D eigenvalue weighted by molar-refractivity contribution is -0.122. The van der Waals surface area contributed by atoms with Crippen molar-refractivity contribution in [3.8, 4) is 11.5 Å². The quantitative estimate of drug-likeness (QED) is 0.651. The monoisotopic (exact) mass is 426 g/mol. The molecular formula is C23H26N2O6. The van der Waals surface area contributed by atoms with Crippen LogP contribution in [0.4, 0.5) is 11.4 Å². The van der Waals surface area contributed by atoms with Gasteiger partial charge in [0.1, 0.15) is 11.5 Å². The van der Waals surface area contributed by atoms with E-state index in [1.807, 2.05) is 6.92 Å². The summed E-state index contributed by atoms with van der Waals surface area (Å²) < 4.78 is 15.7. The molecular weight excluding hydrogens is 400 g/mol. The molecule has 1 N–H and O–H groups in total. The van der Waals surface area contributed by atoms with Crippen LogP contribution in [0.25, 0.3) is 0 Å². The number of hydrogen-bond acceptors (Lipinski definition) is 6. The number of benzene rings is 2. The van der Waals surface area contributed by atoms with Crippen LogP contribution in [0.5, 0.6) is 11.5 Å². The number of nitrogens with zero attached hydrogens (tertiary/aromatic N) is 1. The van der Waals surface area contributed by atoms with Gasteiger partial charge in [-0.3, -0.25) is 9.59 Å². The van der Waals surface area contributed by atoms with E-state index in [0.717, 1.165) is 6.42 Å². The summed E-state index contributed by atoms with van der Waals surface area (Å²) in [7, 11) is 3.07. The van der Waals surface area contributed by atoms with Gasteiger partial charge in [0.25, 0.3) is 0 Å². The number of nitrogens with one attached hydrogen (secondary N) is 1. The lowest BCUT2D eigenvalue weighted by Crippen LogP contribution is -2.28. The van der Waals surface area contributed by atoms with Crippen molar-refractivity contribution in [2.24, 2.45) is 5.92 Å². The molecule has 0 saturated carbocycles. The maximum absolute atomic E-state index is 12.7. The number of methoxy groups -OCH3 is 2. The maximum atomic E-state index is 12.7. The van der Waals surface area contributed by atoms with E-state index < -0.39 is 11.9 Å². The van der Waals surface area contributed by atoms with Gasteiger partial charge in [-0.05, 0) is 42.8 Å². The Balaban J connectivity index is 1.65. The highest BCUT2D eigenvalue weighted by Gasteiger charge is 2.36. The number of amides is 2. The Morgan fingerprint density at radius 3 is 2.48 bits per heavy atom. The predicted molar refractivity (Wildman–Crippen MR) is 116 cm³/mol. The van der Waals surface area contributed by atoms with Gasteiger partial charge in [0.05, 0.1) is 38.0 Å². The molecule has 2 aromatic rings. The van der Waals surface area contributed by atoms with E-state index in [-0.39, 0.29) is 24.8 Å². The van der Waals surface area contributed by atoms with Crippen molar-refractivity contribution in [2.45, 2.75) is 19.8 Å². The standard InChI is InChI=1S/C23H26N2O6/c1-4-11-31-23(28)15-5-7-17(8-6-15)24-22(27)16-12-21(26)25(14-16)19-10-9-18(29-2)13-20(19)30-3/h5-10,13,16H,4,11-12,14H2,1-3H3,(H,24,27). The average molecular weight is 426 g/mol. The fraction of sp³-hybridized carbons (Fsp3) is 0.348. The first-order chi connectivity index (χ1) is 15.0. The zero-order chi connectivity index (χ0) is 22.4. The second kappa shape index (κ2) is 9.97. The third-order valence-corrected chi connectivity index (χ3v) is 5.00. The largest absolute Gasteiger partial charge is 0.497 e. The van der Waals surface area contributed by atoms with Gasteiger partial charge >= 0.3 is 5.97 Å². The molecule has 8 heteroatoms. The first kappa shape index (κ1) is 22.1. The van der Waals surface area contributed by atoms with Crippen LogP contribution < -0.4 is 19.7 Å². The smallest absolute Gasteiger partial charge is 0.338 e. The lowest BCUT2D eigenvalue weighted by atomic mass is 10.1. The highest BCUT2D eigenvalue weighted by atomic mass is 16.5. The van der Waals surface area contributed by atoms with Crippen LogP contribution in [0.2, 0.25) is 0 Å². The highest BCUT2D eigenvalue weighted by Crippen LogP contribution is 2.36. The van der Waals surface area contributed by atoms with Crippen molar-refractivity contribution in [1.82, 2.24) is 0 Å². The van der Waals surface area contributed by atoms with Gasteiger partial charge in [0.15, 0.2) is 0 Å². The second-order valence-electron chi connectivity index (χ2n) is 7.15. The van der Waals surface area contributed by atoms with E-state index in [9.17, 15) is 14.4 Å². The van der Waals surface area contributed by atoms with Gasteiger partial charge in [0.2, 0.25) is 11.8 Å². The number of carbonyl (C=O) groups excluding carboxylic acids is 3. The molecule has 3 rings (SSSR count). The number of hydrogen-bond donors (Lipinski definition) is 1. The summed E-state index contributed by atoms with van der Waals surface area (Å²) in [6, 6.07) is 11.7. The van der Waals surface area contributed by atoms with Crippen molar-refractivity contribution >= 4 is 29.2 Å². The molecule has 0 bridgehead atoms. The van der Waals surface area contributed by atoms with Gasteiger partial charge in [-0.2, -0.15) is 0 Å². The number of rotatable bonds is 8. The Kier molecular flexibility index (Phi) is 7.12. The minimum Gasteiger partial charge on any atom is -0.497 e. The summed E-state index contributed by atoms with van der Waals surface area (Å²) >= 11 is 0. The number of anilines is 2. The topological polar surface area (TPSA) is 94.2 Å². The molecule has 1 fully saturated rings.